The van der Waals surface area contributed by atoms with Gasteiger partial charge in [0.2, 0.25) is 0 Å². The standard InChI is InChI=1S/C47H29N3/c1-2-14-32(15-3-1)50-41-21-11-8-18-35(41)36-25-24-31(28-42(36)50)46-47(49-40-20-10-9-19-39(40)48-46)45-37-26-22-29-12-4-6-16-33(29)43(37)44-34-17-7-5-13-30(34)23-27-38(44)45/h1-28,45H. The zero-order valence-electron chi connectivity index (χ0n) is 27.1. The van der Waals surface area contributed by atoms with Crippen molar-refractivity contribution in [2.45, 2.75) is 5.92 Å². The van der Waals surface area contributed by atoms with Gasteiger partial charge in [-0.1, -0.05) is 133 Å². The largest absolute Gasteiger partial charge is 0.309 e. The number of hydrogen-bond acceptors (Lipinski definition) is 2. The third kappa shape index (κ3) is 3.86. The van der Waals surface area contributed by atoms with Crippen LogP contribution in [-0.2, 0) is 0 Å². The molecule has 2 heterocycles. The zero-order chi connectivity index (χ0) is 32.8. The minimum Gasteiger partial charge on any atom is -0.309 e. The minimum atomic E-state index is -0.0861. The van der Waals surface area contributed by atoms with E-state index in [9.17, 15) is 0 Å². The lowest BCUT2D eigenvalue weighted by molar-refractivity contribution is 0.950. The van der Waals surface area contributed by atoms with E-state index in [1.165, 1.54) is 60.1 Å². The van der Waals surface area contributed by atoms with Crippen LogP contribution in [0.5, 0.6) is 0 Å². The highest BCUT2D eigenvalue weighted by molar-refractivity contribution is 6.12. The van der Waals surface area contributed by atoms with Crippen molar-refractivity contribution in [3.63, 3.8) is 0 Å². The van der Waals surface area contributed by atoms with Crippen molar-refractivity contribution in [2.75, 3.05) is 0 Å². The van der Waals surface area contributed by atoms with Gasteiger partial charge in [0.15, 0.2) is 0 Å². The molecule has 0 radical (unpaired) electrons. The lowest BCUT2D eigenvalue weighted by Crippen LogP contribution is -2.07. The molecule has 0 saturated heterocycles. The first kappa shape index (κ1) is 27.4. The lowest BCUT2D eigenvalue weighted by atomic mass is 9.89. The summed E-state index contributed by atoms with van der Waals surface area (Å²) in [6.45, 7) is 0. The van der Waals surface area contributed by atoms with Gasteiger partial charge in [-0.2, -0.15) is 0 Å². The van der Waals surface area contributed by atoms with Gasteiger partial charge in [0.1, 0.15) is 0 Å². The lowest BCUT2D eigenvalue weighted by Gasteiger charge is -2.19. The van der Waals surface area contributed by atoms with Crippen LogP contribution in [0.4, 0.5) is 0 Å². The third-order valence-corrected chi connectivity index (χ3v) is 10.6. The number of hydrogen-bond donors (Lipinski definition) is 0. The van der Waals surface area contributed by atoms with Crippen LogP contribution in [0.3, 0.4) is 0 Å². The molecule has 0 atom stereocenters. The summed E-state index contributed by atoms with van der Waals surface area (Å²) in [4.78, 5) is 11.0. The van der Waals surface area contributed by atoms with Crippen LogP contribution in [0.15, 0.2) is 170 Å². The van der Waals surface area contributed by atoms with Gasteiger partial charge in [0.05, 0.1) is 39.4 Å². The van der Waals surface area contributed by atoms with Crippen LogP contribution in [0, 0.1) is 0 Å². The average molecular weight is 636 g/mol. The van der Waals surface area contributed by atoms with Crippen LogP contribution in [-0.4, -0.2) is 14.5 Å². The number of aromatic nitrogens is 3. The fraction of sp³-hybridized carbons (Fsp3) is 0.0213. The summed E-state index contributed by atoms with van der Waals surface area (Å²) in [6.07, 6.45) is 0. The van der Waals surface area contributed by atoms with Crippen LogP contribution >= 0.6 is 0 Å². The Morgan fingerprint density at radius 3 is 1.68 bits per heavy atom. The SMILES string of the molecule is c1ccc(-n2c3ccccc3c3ccc(-c4nc5ccccc5nc4C4c5ccc6ccccc6c5-c5c4ccc4ccccc54)cc32)cc1. The molecule has 0 bridgehead atoms. The highest BCUT2D eigenvalue weighted by Gasteiger charge is 2.36. The molecule has 8 aromatic carbocycles. The molecule has 2 aromatic heterocycles. The van der Waals surface area contributed by atoms with Crippen molar-refractivity contribution in [1.82, 2.24) is 14.5 Å². The second-order valence-electron chi connectivity index (χ2n) is 13.3. The van der Waals surface area contributed by atoms with E-state index in [1.807, 2.05) is 0 Å². The third-order valence-electron chi connectivity index (χ3n) is 10.6. The first-order chi connectivity index (χ1) is 24.8. The molecule has 11 rings (SSSR count). The van der Waals surface area contributed by atoms with Gasteiger partial charge in [0.25, 0.3) is 0 Å². The van der Waals surface area contributed by atoms with E-state index in [4.69, 9.17) is 9.97 Å². The van der Waals surface area contributed by atoms with Crippen molar-refractivity contribution in [2.24, 2.45) is 0 Å². The molecule has 1 aliphatic carbocycles. The Hall–Kier alpha value is -6.58. The molecule has 0 fully saturated rings. The molecule has 1 aliphatic rings. The van der Waals surface area contributed by atoms with Gasteiger partial charge in [-0.05, 0) is 80.2 Å². The molecule has 0 saturated carbocycles. The smallest absolute Gasteiger partial charge is 0.0935 e. The Bertz CT molecular complexity index is 2910. The van der Waals surface area contributed by atoms with Crippen LogP contribution in [0.2, 0.25) is 0 Å². The van der Waals surface area contributed by atoms with E-state index in [1.54, 1.807) is 0 Å². The molecule has 0 unspecified atom stereocenters. The van der Waals surface area contributed by atoms with Crippen molar-refractivity contribution < 1.29 is 0 Å². The molecule has 0 amide bonds. The van der Waals surface area contributed by atoms with E-state index in [0.29, 0.717) is 0 Å². The fourth-order valence-electron chi connectivity index (χ4n) is 8.48. The molecule has 10 aromatic rings. The summed E-state index contributed by atoms with van der Waals surface area (Å²) in [7, 11) is 0. The van der Waals surface area contributed by atoms with E-state index in [-0.39, 0.29) is 5.92 Å². The number of rotatable bonds is 3. The van der Waals surface area contributed by atoms with Gasteiger partial charge in [0, 0.05) is 22.0 Å². The second kappa shape index (κ2) is 10.5. The number of nitrogens with zero attached hydrogens (tertiary/aromatic N) is 3. The molecule has 3 heteroatoms. The normalized spacial score (nSPS) is 12.7. The average Bonchev–Trinajstić information content (AvgIpc) is 3.71. The van der Waals surface area contributed by atoms with Gasteiger partial charge in [-0.25, -0.2) is 9.97 Å². The fourth-order valence-corrected chi connectivity index (χ4v) is 8.48. The number of benzene rings is 8. The highest BCUT2D eigenvalue weighted by Crippen LogP contribution is 2.54. The van der Waals surface area contributed by atoms with Crippen LogP contribution < -0.4 is 0 Å². The maximum Gasteiger partial charge on any atom is 0.0935 e. The van der Waals surface area contributed by atoms with Gasteiger partial charge in [-0.3, -0.25) is 0 Å². The summed E-state index contributed by atoms with van der Waals surface area (Å²) < 4.78 is 2.38. The van der Waals surface area contributed by atoms with E-state index in [2.05, 4.69) is 174 Å². The summed E-state index contributed by atoms with van der Waals surface area (Å²) in [6, 6.07) is 61.2. The van der Waals surface area contributed by atoms with Gasteiger partial charge >= 0.3 is 0 Å². The van der Waals surface area contributed by atoms with Crippen molar-refractivity contribution in [1.29, 1.82) is 0 Å². The maximum atomic E-state index is 5.53. The van der Waals surface area contributed by atoms with Crippen LogP contribution in [0.25, 0.3) is 82.5 Å². The second-order valence-corrected chi connectivity index (χ2v) is 13.3. The predicted molar refractivity (Wildman–Crippen MR) is 207 cm³/mol. The Balaban J connectivity index is 1.24. The predicted octanol–water partition coefficient (Wildman–Crippen LogP) is 11.9. The van der Waals surface area contributed by atoms with E-state index in [0.717, 1.165) is 39.2 Å². The minimum absolute atomic E-state index is 0.0861. The molecule has 232 valence electrons. The van der Waals surface area contributed by atoms with E-state index < -0.39 is 0 Å². The Morgan fingerprint density at radius 1 is 0.420 bits per heavy atom. The first-order valence-electron chi connectivity index (χ1n) is 17.2. The molecule has 0 aliphatic heterocycles. The molecular formula is C47H29N3. The topological polar surface area (TPSA) is 30.7 Å². The maximum absolute atomic E-state index is 5.53. The molecular weight excluding hydrogens is 607 g/mol. The molecule has 3 nitrogen and oxygen atoms in total. The molecule has 50 heavy (non-hydrogen) atoms. The highest BCUT2D eigenvalue weighted by atomic mass is 15.0. The summed E-state index contributed by atoms with van der Waals surface area (Å²) in [5.41, 5.74) is 13.4. The summed E-state index contributed by atoms with van der Waals surface area (Å²) >= 11 is 0. The number of fused-ring (bicyclic) bond motifs is 11. The quantitative estimate of drug-likeness (QED) is 0.193. The monoisotopic (exact) mass is 635 g/mol. The molecule has 0 spiro atoms. The van der Waals surface area contributed by atoms with Crippen LogP contribution in [0.1, 0.15) is 22.7 Å². The summed E-state index contributed by atoms with van der Waals surface area (Å²) in [5.74, 6) is -0.0861. The number of para-hydroxylation sites is 4. The van der Waals surface area contributed by atoms with Gasteiger partial charge < -0.3 is 4.57 Å². The van der Waals surface area contributed by atoms with E-state index >= 15 is 0 Å². The zero-order valence-corrected chi connectivity index (χ0v) is 27.1. The Kier molecular flexibility index (Phi) is 5.73. The van der Waals surface area contributed by atoms with Crippen molar-refractivity contribution >= 4 is 54.4 Å². The Labute approximate surface area is 288 Å². The summed E-state index contributed by atoms with van der Waals surface area (Å²) in [5, 5.41) is 7.49. The Morgan fingerprint density at radius 2 is 0.980 bits per heavy atom. The molecule has 0 N–H and O–H groups in total. The first-order valence-corrected chi connectivity index (χ1v) is 17.2. The van der Waals surface area contributed by atoms with Crippen molar-refractivity contribution in [3.8, 4) is 28.1 Å². The van der Waals surface area contributed by atoms with Crippen molar-refractivity contribution in [3.05, 3.63) is 187 Å². The van der Waals surface area contributed by atoms with Gasteiger partial charge in [-0.15, -0.1) is 0 Å².